The second-order valence-electron chi connectivity index (χ2n) is 6.50. The minimum Gasteiger partial charge on any atom is -0.312 e. The Morgan fingerprint density at radius 1 is 1.11 bits per heavy atom. The minimum absolute atomic E-state index is 0.0562. The number of hydrogen-bond donors (Lipinski definition) is 1. The molecule has 0 saturated carbocycles. The maximum Gasteiger partial charge on any atom is 0.390 e. The molecular formula is C17H19F3N4O3S. The van der Waals surface area contributed by atoms with Gasteiger partial charge >= 0.3 is 17.6 Å². The zero-order valence-corrected chi connectivity index (χ0v) is 16.3. The molecule has 0 bridgehead atoms. The van der Waals surface area contributed by atoms with Gasteiger partial charge in [0.05, 0.1) is 18.4 Å². The molecule has 152 valence electrons. The van der Waals surface area contributed by atoms with Gasteiger partial charge in [-0.1, -0.05) is 0 Å². The Morgan fingerprint density at radius 3 is 2.32 bits per heavy atom. The van der Waals surface area contributed by atoms with Crippen molar-refractivity contribution in [1.82, 2.24) is 18.7 Å². The maximum absolute atomic E-state index is 12.8. The smallest absolute Gasteiger partial charge is 0.312 e. The molecule has 0 aliphatic carbocycles. The highest BCUT2D eigenvalue weighted by Crippen LogP contribution is 2.29. The fourth-order valence-electron chi connectivity index (χ4n) is 3.13. The van der Waals surface area contributed by atoms with Crippen LogP contribution in [0.2, 0.25) is 0 Å². The van der Waals surface area contributed by atoms with E-state index in [4.69, 9.17) is 0 Å². The van der Waals surface area contributed by atoms with Gasteiger partial charge < -0.3 is 4.98 Å². The zero-order chi connectivity index (χ0) is 20.8. The molecule has 0 atom stereocenters. The van der Waals surface area contributed by atoms with Gasteiger partial charge in [0.25, 0.3) is 5.56 Å². The number of fused-ring (bicyclic) bond motifs is 1. The molecule has 0 fully saturated rings. The van der Waals surface area contributed by atoms with E-state index < -0.39 is 30.4 Å². The maximum atomic E-state index is 12.8. The fraction of sp³-hybridized carbons (Fsp3) is 0.471. The van der Waals surface area contributed by atoms with Crippen LogP contribution in [0.25, 0.3) is 10.2 Å². The monoisotopic (exact) mass is 416 g/mol. The summed E-state index contributed by atoms with van der Waals surface area (Å²) in [7, 11) is 0. The number of aromatic nitrogens is 4. The van der Waals surface area contributed by atoms with E-state index in [1.54, 1.807) is 27.0 Å². The van der Waals surface area contributed by atoms with Crippen LogP contribution in [-0.4, -0.2) is 24.9 Å². The number of imidazole rings is 1. The number of hydrogen-bond acceptors (Lipinski definition) is 4. The molecule has 11 heteroatoms. The Bertz CT molecular complexity index is 1210. The summed E-state index contributed by atoms with van der Waals surface area (Å²) in [6.45, 7) is 4.67. The average Bonchev–Trinajstić information content (AvgIpc) is 3.09. The predicted molar refractivity (Wildman–Crippen MR) is 100 cm³/mol. The number of thiophene rings is 1. The molecule has 0 aliphatic heterocycles. The molecule has 0 amide bonds. The Kier molecular flexibility index (Phi) is 5.13. The number of rotatable bonds is 5. The largest absolute Gasteiger partial charge is 0.390 e. The van der Waals surface area contributed by atoms with Crippen LogP contribution < -0.4 is 16.9 Å². The van der Waals surface area contributed by atoms with Crippen molar-refractivity contribution in [3.63, 3.8) is 0 Å². The molecule has 3 heterocycles. The van der Waals surface area contributed by atoms with Crippen molar-refractivity contribution in [2.24, 2.45) is 0 Å². The molecule has 0 aliphatic rings. The summed E-state index contributed by atoms with van der Waals surface area (Å²) < 4.78 is 41.6. The molecule has 3 aromatic rings. The third-order valence-corrected chi connectivity index (χ3v) is 6.00. The van der Waals surface area contributed by atoms with Crippen LogP contribution in [-0.2, 0) is 19.6 Å². The van der Waals surface area contributed by atoms with Gasteiger partial charge in [0, 0.05) is 29.9 Å². The van der Waals surface area contributed by atoms with Crippen LogP contribution in [0.4, 0.5) is 13.2 Å². The molecule has 3 rings (SSSR count). The summed E-state index contributed by atoms with van der Waals surface area (Å²) >= 11 is 1.07. The number of nitrogens with one attached hydrogen (secondary N) is 1. The van der Waals surface area contributed by atoms with Gasteiger partial charge in [-0.2, -0.15) is 13.2 Å². The highest BCUT2D eigenvalue weighted by Gasteiger charge is 2.28. The van der Waals surface area contributed by atoms with E-state index in [-0.39, 0.29) is 29.0 Å². The Hall–Kier alpha value is -2.56. The van der Waals surface area contributed by atoms with Crippen molar-refractivity contribution in [1.29, 1.82) is 0 Å². The molecule has 1 N–H and O–H groups in total. The lowest BCUT2D eigenvalue weighted by Crippen LogP contribution is -2.39. The number of H-pyrrole nitrogens is 1. The summed E-state index contributed by atoms with van der Waals surface area (Å²) in [4.78, 5) is 40.7. The first kappa shape index (κ1) is 20.2. The molecular weight excluding hydrogens is 397 g/mol. The van der Waals surface area contributed by atoms with Crippen molar-refractivity contribution in [2.75, 3.05) is 0 Å². The van der Waals surface area contributed by atoms with Crippen molar-refractivity contribution in [3.05, 3.63) is 53.7 Å². The molecule has 28 heavy (non-hydrogen) atoms. The molecule has 0 unspecified atom stereocenters. The summed E-state index contributed by atoms with van der Waals surface area (Å²) in [6, 6.07) is 0. The number of aryl methyl sites for hydroxylation is 3. The van der Waals surface area contributed by atoms with E-state index in [2.05, 4.69) is 4.98 Å². The van der Waals surface area contributed by atoms with Crippen LogP contribution in [0, 0.1) is 13.8 Å². The van der Waals surface area contributed by atoms with E-state index in [1.165, 1.54) is 4.57 Å². The molecule has 0 saturated heterocycles. The standard InChI is InChI=1S/C17H19F3N4O3S/c1-4-22-13(25)12-10(3)11(8-24-9(2)7-21-15(24)26)28-14(12)23(16(22)27)6-5-17(18,19)20/h7H,4-6,8H2,1-3H3,(H,21,26). The van der Waals surface area contributed by atoms with Crippen molar-refractivity contribution in [2.45, 2.75) is 53.0 Å². The third kappa shape index (κ3) is 3.46. The van der Waals surface area contributed by atoms with Crippen LogP contribution in [0.15, 0.2) is 20.6 Å². The van der Waals surface area contributed by atoms with E-state index in [9.17, 15) is 27.6 Å². The fourth-order valence-corrected chi connectivity index (χ4v) is 4.43. The summed E-state index contributed by atoms with van der Waals surface area (Å²) in [5.74, 6) is 0. The highest BCUT2D eigenvalue weighted by atomic mass is 32.1. The molecule has 0 aromatic carbocycles. The topological polar surface area (TPSA) is 81.8 Å². The minimum atomic E-state index is -4.43. The highest BCUT2D eigenvalue weighted by molar-refractivity contribution is 7.18. The number of nitrogens with zero attached hydrogens (tertiary/aromatic N) is 3. The quantitative estimate of drug-likeness (QED) is 0.693. The van der Waals surface area contributed by atoms with Crippen molar-refractivity contribution < 1.29 is 13.2 Å². The summed E-state index contributed by atoms with van der Waals surface area (Å²) in [5, 5.41) is 0.227. The van der Waals surface area contributed by atoms with Crippen molar-refractivity contribution >= 4 is 21.6 Å². The van der Waals surface area contributed by atoms with E-state index in [0.29, 0.717) is 16.1 Å². The molecule has 0 radical (unpaired) electrons. The lowest BCUT2D eigenvalue weighted by atomic mass is 10.2. The first-order valence-electron chi connectivity index (χ1n) is 8.62. The SMILES string of the molecule is CCn1c(=O)c2c(C)c(Cn3c(C)c[nH]c3=O)sc2n(CCC(F)(F)F)c1=O. The van der Waals surface area contributed by atoms with E-state index >= 15 is 0 Å². The summed E-state index contributed by atoms with van der Waals surface area (Å²) in [5.41, 5.74) is -0.353. The number of alkyl halides is 3. The molecule has 0 spiro atoms. The molecule has 7 nitrogen and oxygen atoms in total. The summed E-state index contributed by atoms with van der Waals surface area (Å²) in [6.07, 6.45) is -4.05. The van der Waals surface area contributed by atoms with Gasteiger partial charge in [-0.25, -0.2) is 9.59 Å². The Labute approximate surface area is 160 Å². The van der Waals surface area contributed by atoms with Crippen LogP contribution in [0.5, 0.6) is 0 Å². The third-order valence-electron chi connectivity index (χ3n) is 4.71. The first-order valence-corrected chi connectivity index (χ1v) is 9.44. The van der Waals surface area contributed by atoms with E-state index in [0.717, 1.165) is 20.5 Å². The lowest BCUT2D eigenvalue weighted by Gasteiger charge is -2.12. The van der Waals surface area contributed by atoms with Crippen LogP contribution in [0.1, 0.15) is 29.5 Å². The van der Waals surface area contributed by atoms with Gasteiger partial charge in [-0.15, -0.1) is 11.3 Å². The van der Waals surface area contributed by atoms with Crippen LogP contribution >= 0.6 is 11.3 Å². The average molecular weight is 416 g/mol. The second kappa shape index (κ2) is 7.12. The molecule has 3 aromatic heterocycles. The van der Waals surface area contributed by atoms with Gasteiger partial charge in [0.2, 0.25) is 0 Å². The van der Waals surface area contributed by atoms with Gasteiger partial charge in [-0.05, 0) is 26.3 Å². The number of aromatic amines is 1. The van der Waals surface area contributed by atoms with Gasteiger partial charge in [-0.3, -0.25) is 18.5 Å². The second-order valence-corrected chi connectivity index (χ2v) is 7.58. The first-order chi connectivity index (χ1) is 13.0. The van der Waals surface area contributed by atoms with Gasteiger partial charge in [0.1, 0.15) is 4.83 Å². The zero-order valence-electron chi connectivity index (χ0n) is 15.5. The Balaban J connectivity index is 2.24. The van der Waals surface area contributed by atoms with E-state index in [1.807, 2.05) is 0 Å². The normalized spacial score (nSPS) is 12.2. The lowest BCUT2D eigenvalue weighted by molar-refractivity contribution is -0.136. The Morgan fingerprint density at radius 2 is 1.79 bits per heavy atom. The van der Waals surface area contributed by atoms with Crippen LogP contribution in [0.3, 0.4) is 0 Å². The van der Waals surface area contributed by atoms with Gasteiger partial charge in [0.15, 0.2) is 0 Å². The predicted octanol–water partition coefficient (Wildman–Crippen LogP) is 2.35. The number of halogens is 3. The van der Waals surface area contributed by atoms with Crippen molar-refractivity contribution in [3.8, 4) is 0 Å².